The molecular formula is C30H41N5O3S. The molecule has 39 heavy (non-hydrogen) atoms. The first-order chi connectivity index (χ1) is 18.6. The number of amides is 2. The van der Waals surface area contributed by atoms with Crippen molar-refractivity contribution < 1.29 is 14.3 Å². The minimum absolute atomic E-state index is 0.211. The second kappa shape index (κ2) is 14.7. The Hall–Kier alpha value is -3.30. The Bertz CT molecular complexity index is 1150. The summed E-state index contributed by atoms with van der Waals surface area (Å²) >= 11 is 1.50. The smallest absolute Gasteiger partial charge is 0.243 e. The van der Waals surface area contributed by atoms with E-state index >= 15 is 0 Å². The van der Waals surface area contributed by atoms with Gasteiger partial charge in [0.2, 0.25) is 11.8 Å². The molecule has 2 amide bonds. The van der Waals surface area contributed by atoms with E-state index in [9.17, 15) is 9.59 Å². The summed E-state index contributed by atoms with van der Waals surface area (Å²) in [5, 5.41) is 11.4. The minimum Gasteiger partial charge on any atom is -0.489 e. The number of ether oxygens (including phenoxy) is 1. The van der Waals surface area contributed by atoms with Gasteiger partial charge in [-0.15, -0.1) is 11.3 Å². The number of hydrogen-bond donors (Lipinski definition) is 3. The van der Waals surface area contributed by atoms with E-state index in [0.717, 1.165) is 29.0 Å². The van der Waals surface area contributed by atoms with Gasteiger partial charge in [-0.25, -0.2) is 4.98 Å². The van der Waals surface area contributed by atoms with Crippen LogP contribution in [0, 0.1) is 5.92 Å². The lowest BCUT2D eigenvalue weighted by atomic mass is 10.0. The molecule has 0 aliphatic rings. The molecule has 0 bridgehead atoms. The molecule has 9 heteroatoms. The second-order valence-corrected chi connectivity index (χ2v) is 11.9. The number of pyridine rings is 1. The van der Waals surface area contributed by atoms with E-state index in [1.54, 1.807) is 17.9 Å². The summed E-state index contributed by atoms with van der Waals surface area (Å²) in [7, 11) is 0. The van der Waals surface area contributed by atoms with Crippen LogP contribution in [-0.2, 0) is 29.0 Å². The fraction of sp³-hybridized carbons (Fsp3) is 0.467. The molecule has 8 nitrogen and oxygen atoms in total. The Morgan fingerprint density at radius 1 is 1.00 bits per heavy atom. The quantitative estimate of drug-likeness (QED) is 0.276. The first-order valence-electron chi connectivity index (χ1n) is 13.4. The summed E-state index contributed by atoms with van der Waals surface area (Å²) in [4.78, 5) is 35.2. The van der Waals surface area contributed by atoms with Gasteiger partial charge in [0.05, 0.1) is 17.2 Å². The summed E-state index contributed by atoms with van der Waals surface area (Å²) < 4.78 is 5.86. The van der Waals surface area contributed by atoms with E-state index in [2.05, 4.69) is 39.8 Å². The highest BCUT2D eigenvalue weighted by molar-refractivity contribution is 7.07. The number of hydrogen-bond acceptors (Lipinski definition) is 7. The highest BCUT2D eigenvalue weighted by atomic mass is 32.1. The van der Waals surface area contributed by atoms with Gasteiger partial charge in [-0.1, -0.05) is 32.0 Å². The van der Waals surface area contributed by atoms with Crippen molar-refractivity contribution in [1.29, 1.82) is 0 Å². The molecule has 2 atom stereocenters. The molecule has 0 radical (unpaired) electrons. The molecule has 0 saturated heterocycles. The number of rotatable bonds is 14. The number of carbonyl (C=O) groups is 2. The van der Waals surface area contributed by atoms with E-state index in [0.29, 0.717) is 31.9 Å². The molecule has 210 valence electrons. The Morgan fingerprint density at radius 3 is 2.38 bits per heavy atom. The molecule has 0 aliphatic heterocycles. The fourth-order valence-electron chi connectivity index (χ4n) is 3.90. The third-order valence-corrected chi connectivity index (χ3v) is 6.58. The highest BCUT2D eigenvalue weighted by Crippen LogP contribution is 2.16. The van der Waals surface area contributed by atoms with Crippen molar-refractivity contribution in [2.24, 2.45) is 5.92 Å². The van der Waals surface area contributed by atoms with Gasteiger partial charge in [0, 0.05) is 41.7 Å². The fourth-order valence-corrected chi connectivity index (χ4v) is 4.47. The first kappa shape index (κ1) is 30.2. The van der Waals surface area contributed by atoms with Gasteiger partial charge in [-0.2, -0.15) is 0 Å². The van der Waals surface area contributed by atoms with Crippen LogP contribution >= 0.6 is 11.3 Å². The molecule has 1 aromatic carbocycles. The van der Waals surface area contributed by atoms with E-state index < -0.39 is 17.6 Å². The van der Waals surface area contributed by atoms with Gasteiger partial charge in [0.1, 0.15) is 18.4 Å². The van der Waals surface area contributed by atoms with Gasteiger partial charge in [-0.3, -0.25) is 14.6 Å². The topological polar surface area (TPSA) is 105 Å². The van der Waals surface area contributed by atoms with E-state index in [1.807, 2.05) is 62.5 Å². The molecule has 2 aromatic heterocycles. The van der Waals surface area contributed by atoms with Crippen LogP contribution in [0.3, 0.4) is 0 Å². The normalized spacial score (nSPS) is 13.1. The van der Waals surface area contributed by atoms with Crippen LogP contribution in [0.1, 0.15) is 57.9 Å². The molecule has 3 aromatic rings. The lowest BCUT2D eigenvalue weighted by Gasteiger charge is -2.27. The number of aromatic nitrogens is 2. The van der Waals surface area contributed by atoms with Crippen molar-refractivity contribution >= 4 is 23.2 Å². The third-order valence-electron chi connectivity index (χ3n) is 5.95. The molecular weight excluding hydrogens is 510 g/mol. The average Bonchev–Trinajstić information content (AvgIpc) is 3.40. The molecule has 3 N–H and O–H groups in total. The predicted molar refractivity (Wildman–Crippen MR) is 156 cm³/mol. The zero-order chi connectivity index (χ0) is 28.3. The lowest BCUT2D eigenvalue weighted by molar-refractivity contribution is -0.130. The Labute approximate surface area is 236 Å². The van der Waals surface area contributed by atoms with E-state index in [1.165, 1.54) is 11.3 Å². The van der Waals surface area contributed by atoms with Crippen molar-refractivity contribution in [3.8, 4) is 5.75 Å². The van der Waals surface area contributed by atoms with Crippen LogP contribution in [-0.4, -0.2) is 45.9 Å². The van der Waals surface area contributed by atoms with Crippen molar-refractivity contribution in [3.63, 3.8) is 0 Å². The molecule has 0 aliphatic carbocycles. The zero-order valence-corrected chi connectivity index (χ0v) is 24.4. The monoisotopic (exact) mass is 551 g/mol. The number of nitrogens with zero attached hydrogens (tertiary/aromatic N) is 2. The molecule has 0 saturated carbocycles. The molecule has 2 unspecified atom stereocenters. The molecule has 2 heterocycles. The van der Waals surface area contributed by atoms with Crippen molar-refractivity contribution in [2.75, 3.05) is 6.54 Å². The van der Waals surface area contributed by atoms with Gasteiger partial charge < -0.3 is 20.7 Å². The van der Waals surface area contributed by atoms with Crippen molar-refractivity contribution in [1.82, 2.24) is 25.9 Å². The van der Waals surface area contributed by atoms with Crippen LogP contribution < -0.4 is 20.7 Å². The van der Waals surface area contributed by atoms with Gasteiger partial charge in [-0.05, 0) is 63.4 Å². The molecule has 3 rings (SSSR count). The molecule has 0 spiro atoms. The maximum Gasteiger partial charge on any atom is 0.243 e. The summed E-state index contributed by atoms with van der Waals surface area (Å²) in [6, 6.07) is 10.2. The number of thiazole rings is 1. The van der Waals surface area contributed by atoms with Gasteiger partial charge in [0.15, 0.2) is 0 Å². The Balaban J connectivity index is 1.70. The predicted octanol–water partition coefficient (Wildman–Crippen LogP) is 4.31. The number of benzene rings is 1. The van der Waals surface area contributed by atoms with Crippen molar-refractivity contribution in [3.05, 3.63) is 76.5 Å². The van der Waals surface area contributed by atoms with Crippen molar-refractivity contribution in [2.45, 2.75) is 78.1 Å². The van der Waals surface area contributed by atoms with Gasteiger partial charge in [0.25, 0.3) is 0 Å². The maximum atomic E-state index is 13.5. The van der Waals surface area contributed by atoms with Crippen LogP contribution in [0.4, 0.5) is 0 Å². The summed E-state index contributed by atoms with van der Waals surface area (Å²) in [6.45, 7) is 11.2. The summed E-state index contributed by atoms with van der Waals surface area (Å²) in [5.41, 5.74) is 4.09. The second-order valence-electron chi connectivity index (χ2n) is 11.2. The maximum absolute atomic E-state index is 13.5. The average molecular weight is 552 g/mol. The van der Waals surface area contributed by atoms with E-state index in [-0.39, 0.29) is 11.8 Å². The largest absolute Gasteiger partial charge is 0.489 e. The van der Waals surface area contributed by atoms with Crippen LogP contribution in [0.5, 0.6) is 5.75 Å². The minimum atomic E-state index is -0.733. The van der Waals surface area contributed by atoms with Crippen LogP contribution in [0.15, 0.2) is 59.7 Å². The van der Waals surface area contributed by atoms with E-state index in [4.69, 9.17) is 4.74 Å². The summed E-state index contributed by atoms with van der Waals surface area (Å²) in [5.74, 6) is 0.807. The number of carbonyl (C=O) groups excluding carboxylic acids is 2. The number of nitrogens with one attached hydrogen (secondary N) is 3. The standard InChI is InChI=1S/C30H41N5O3S/c1-21(2)12-14-32-26(16-24-19-39-20-33-24)28(36)34-27(29(37)35-30(3,4)5)15-22-8-10-25(11-9-22)38-18-23-7-6-13-31-17-23/h6-11,13,17,19-21,26-27,32H,12,14-16,18H2,1-5H3,(H,34,36)(H,35,37). The Kier molecular flexibility index (Phi) is 11.4. The zero-order valence-electron chi connectivity index (χ0n) is 23.6. The first-order valence-corrected chi connectivity index (χ1v) is 14.4. The summed E-state index contributed by atoms with van der Waals surface area (Å²) in [6.07, 6.45) is 5.26. The van der Waals surface area contributed by atoms with Gasteiger partial charge >= 0.3 is 0 Å². The lowest BCUT2D eigenvalue weighted by Crippen LogP contribution is -2.56. The van der Waals surface area contributed by atoms with Crippen LogP contribution in [0.2, 0.25) is 0 Å². The van der Waals surface area contributed by atoms with Crippen LogP contribution in [0.25, 0.3) is 0 Å². The Morgan fingerprint density at radius 2 is 1.77 bits per heavy atom. The third kappa shape index (κ3) is 11.1. The molecule has 0 fully saturated rings. The highest BCUT2D eigenvalue weighted by Gasteiger charge is 2.28. The SMILES string of the molecule is CC(C)CCNC(Cc1cscn1)C(=O)NC(Cc1ccc(OCc2cccnc2)cc1)C(=O)NC(C)(C)C.